The van der Waals surface area contributed by atoms with Crippen molar-refractivity contribution in [3.63, 3.8) is 0 Å². The van der Waals surface area contributed by atoms with Crippen molar-refractivity contribution < 1.29 is 14.4 Å². The van der Waals surface area contributed by atoms with Gasteiger partial charge in [0.2, 0.25) is 5.91 Å². The van der Waals surface area contributed by atoms with E-state index in [0.717, 1.165) is 24.2 Å². The SMILES string of the molecule is CC1CCCCC12NC(=O)N(CC(=O)N1CCC(C#N)CC1)C2=O. The molecule has 2 saturated heterocycles. The van der Waals surface area contributed by atoms with Crippen LogP contribution in [0.25, 0.3) is 0 Å². The van der Waals surface area contributed by atoms with E-state index in [0.29, 0.717) is 32.4 Å². The molecule has 0 radical (unpaired) electrons. The zero-order valence-electron chi connectivity index (χ0n) is 14.1. The number of nitriles is 1. The van der Waals surface area contributed by atoms with Crippen LogP contribution in [0.2, 0.25) is 0 Å². The van der Waals surface area contributed by atoms with Gasteiger partial charge in [0, 0.05) is 19.0 Å². The summed E-state index contributed by atoms with van der Waals surface area (Å²) in [6, 6.07) is 1.78. The average molecular weight is 332 g/mol. The summed E-state index contributed by atoms with van der Waals surface area (Å²) in [5, 5.41) is 11.8. The molecule has 2 unspecified atom stereocenters. The minimum absolute atomic E-state index is 0.00266. The Hall–Kier alpha value is -2.10. The van der Waals surface area contributed by atoms with Gasteiger partial charge in [-0.05, 0) is 31.6 Å². The minimum Gasteiger partial charge on any atom is -0.341 e. The van der Waals surface area contributed by atoms with E-state index in [9.17, 15) is 14.4 Å². The first-order valence-electron chi connectivity index (χ1n) is 8.79. The molecule has 0 aromatic carbocycles. The molecule has 0 bridgehead atoms. The van der Waals surface area contributed by atoms with Crippen LogP contribution in [0.3, 0.4) is 0 Å². The van der Waals surface area contributed by atoms with Crippen molar-refractivity contribution in [2.24, 2.45) is 11.8 Å². The van der Waals surface area contributed by atoms with Crippen molar-refractivity contribution in [3.8, 4) is 6.07 Å². The van der Waals surface area contributed by atoms with Gasteiger partial charge in [0.05, 0.1) is 6.07 Å². The van der Waals surface area contributed by atoms with Gasteiger partial charge in [-0.3, -0.25) is 14.5 Å². The van der Waals surface area contributed by atoms with E-state index in [1.807, 2.05) is 6.92 Å². The maximum absolute atomic E-state index is 12.8. The standard InChI is InChI=1S/C17H24N4O3/c1-12-4-2-3-7-17(12)15(23)21(16(24)19-17)11-14(22)20-8-5-13(10-18)6-9-20/h12-13H,2-9,11H2,1H3,(H,19,24). The van der Waals surface area contributed by atoms with Crippen LogP contribution in [0.1, 0.15) is 45.4 Å². The number of amides is 4. The maximum Gasteiger partial charge on any atom is 0.325 e. The topological polar surface area (TPSA) is 93.5 Å². The number of nitrogens with one attached hydrogen (secondary N) is 1. The van der Waals surface area contributed by atoms with Gasteiger partial charge in [0.25, 0.3) is 5.91 Å². The van der Waals surface area contributed by atoms with E-state index in [1.165, 1.54) is 0 Å². The number of likely N-dealkylation sites (tertiary alicyclic amines) is 1. The third kappa shape index (κ3) is 2.74. The van der Waals surface area contributed by atoms with E-state index in [2.05, 4.69) is 11.4 Å². The van der Waals surface area contributed by atoms with Crippen molar-refractivity contribution in [2.45, 2.75) is 51.0 Å². The van der Waals surface area contributed by atoms with Crippen LogP contribution in [0.15, 0.2) is 0 Å². The lowest BCUT2D eigenvalue weighted by Crippen LogP contribution is -2.54. The van der Waals surface area contributed by atoms with Crippen molar-refractivity contribution in [1.82, 2.24) is 15.1 Å². The van der Waals surface area contributed by atoms with Crippen molar-refractivity contribution >= 4 is 17.8 Å². The second-order valence-corrected chi connectivity index (χ2v) is 7.22. The van der Waals surface area contributed by atoms with Gasteiger partial charge < -0.3 is 10.2 Å². The van der Waals surface area contributed by atoms with Gasteiger partial charge in [0.1, 0.15) is 12.1 Å². The lowest BCUT2D eigenvalue weighted by molar-refractivity contribution is -0.141. The number of carbonyl (C=O) groups excluding carboxylic acids is 3. The molecular formula is C17H24N4O3. The van der Waals surface area contributed by atoms with Crippen LogP contribution in [0, 0.1) is 23.2 Å². The fourth-order valence-corrected chi connectivity index (χ4v) is 4.13. The van der Waals surface area contributed by atoms with Crippen LogP contribution in [0.5, 0.6) is 0 Å². The van der Waals surface area contributed by atoms with Gasteiger partial charge in [-0.2, -0.15) is 5.26 Å². The number of imide groups is 1. The molecule has 24 heavy (non-hydrogen) atoms. The molecule has 7 nitrogen and oxygen atoms in total. The Kier molecular flexibility index (Phi) is 4.48. The predicted octanol–water partition coefficient (Wildman–Crippen LogP) is 1.25. The number of hydrogen-bond donors (Lipinski definition) is 1. The van der Waals surface area contributed by atoms with Crippen LogP contribution in [0.4, 0.5) is 4.79 Å². The zero-order chi connectivity index (χ0) is 17.3. The molecular weight excluding hydrogens is 308 g/mol. The van der Waals surface area contributed by atoms with Crippen LogP contribution >= 0.6 is 0 Å². The number of nitrogens with zero attached hydrogens (tertiary/aromatic N) is 3. The number of carbonyl (C=O) groups is 3. The van der Waals surface area contributed by atoms with E-state index in [1.54, 1.807) is 4.90 Å². The van der Waals surface area contributed by atoms with E-state index in [4.69, 9.17) is 5.26 Å². The third-order valence-corrected chi connectivity index (χ3v) is 5.83. The smallest absolute Gasteiger partial charge is 0.325 e. The molecule has 2 aliphatic heterocycles. The fraction of sp³-hybridized carbons (Fsp3) is 0.765. The molecule has 0 aromatic heterocycles. The summed E-state index contributed by atoms with van der Waals surface area (Å²) in [5.74, 6) is -0.373. The molecule has 1 saturated carbocycles. The summed E-state index contributed by atoms with van der Waals surface area (Å²) in [4.78, 5) is 40.4. The van der Waals surface area contributed by atoms with Crippen molar-refractivity contribution in [3.05, 3.63) is 0 Å². The largest absolute Gasteiger partial charge is 0.341 e. The summed E-state index contributed by atoms with van der Waals surface area (Å²) in [6.07, 6.45) is 4.86. The quantitative estimate of drug-likeness (QED) is 0.770. The Labute approximate surface area is 142 Å². The molecule has 3 fully saturated rings. The average Bonchev–Trinajstić information content (AvgIpc) is 2.82. The summed E-state index contributed by atoms with van der Waals surface area (Å²) in [6.45, 7) is 2.83. The molecule has 1 N–H and O–H groups in total. The van der Waals surface area contributed by atoms with Crippen LogP contribution in [-0.4, -0.2) is 52.8 Å². The van der Waals surface area contributed by atoms with Crippen molar-refractivity contribution in [1.29, 1.82) is 5.26 Å². The highest BCUT2D eigenvalue weighted by Gasteiger charge is 2.55. The Morgan fingerprint density at radius 1 is 1.29 bits per heavy atom. The van der Waals surface area contributed by atoms with Gasteiger partial charge >= 0.3 is 6.03 Å². The molecule has 3 rings (SSSR count). The van der Waals surface area contributed by atoms with E-state index in [-0.39, 0.29) is 30.2 Å². The first kappa shape index (κ1) is 16.7. The summed E-state index contributed by atoms with van der Waals surface area (Å²) >= 11 is 0. The first-order valence-corrected chi connectivity index (χ1v) is 8.79. The maximum atomic E-state index is 12.8. The lowest BCUT2D eigenvalue weighted by Gasteiger charge is -2.37. The first-order chi connectivity index (χ1) is 11.5. The molecule has 7 heteroatoms. The monoisotopic (exact) mass is 332 g/mol. The number of piperidine rings is 1. The van der Waals surface area contributed by atoms with Crippen LogP contribution in [-0.2, 0) is 9.59 Å². The molecule has 4 amide bonds. The highest BCUT2D eigenvalue weighted by Crippen LogP contribution is 2.38. The molecule has 130 valence electrons. The van der Waals surface area contributed by atoms with Gasteiger partial charge in [0.15, 0.2) is 0 Å². The summed E-state index contributed by atoms with van der Waals surface area (Å²) in [5.41, 5.74) is -0.816. The second kappa shape index (κ2) is 6.42. The lowest BCUT2D eigenvalue weighted by atomic mass is 9.73. The molecule has 2 atom stereocenters. The highest BCUT2D eigenvalue weighted by atomic mass is 16.2. The number of hydrogen-bond acceptors (Lipinski definition) is 4. The number of rotatable bonds is 2. The van der Waals surface area contributed by atoms with Gasteiger partial charge in [-0.1, -0.05) is 19.8 Å². The zero-order valence-corrected chi connectivity index (χ0v) is 14.1. The molecule has 0 aromatic rings. The Balaban J connectivity index is 1.65. The molecule has 3 aliphatic rings. The highest BCUT2D eigenvalue weighted by molar-refractivity contribution is 6.09. The Morgan fingerprint density at radius 2 is 2.00 bits per heavy atom. The Morgan fingerprint density at radius 3 is 2.62 bits per heavy atom. The predicted molar refractivity (Wildman–Crippen MR) is 85.5 cm³/mol. The third-order valence-electron chi connectivity index (χ3n) is 5.83. The molecule has 2 heterocycles. The van der Waals surface area contributed by atoms with Crippen molar-refractivity contribution in [2.75, 3.05) is 19.6 Å². The Bertz CT molecular complexity index is 591. The summed E-state index contributed by atoms with van der Waals surface area (Å²) < 4.78 is 0. The minimum atomic E-state index is -0.816. The van der Waals surface area contributed by atoms with Crippen LogP contribution < -0.4 is 5.32 Å². The molecule has 1 spiro atoms. The van der Waals surface area contributed by atoms with Gasteiger partial charge in [-0.25, -0.2) is 4.79 Å². The van der Waals surface area contributed by atoms with Gasteiger partial charge in [-0.15, -0.1) is 0 Å². The fourth-order valence-electron chi connectivity index (χ4n) is 4.13. The number of urea groups is 1. The van der Waals surface area contributed by atoms with E-state index >= 15 is 0 Å². The summed E-state index contributed by atoms with van der Waals surface area (Å²) in [7, 11) is 0. The van der Waals surface area contributed by atoms with E-state index < -0.39 is 11.6 Å². The normalized spacial score (nSPS) is 31.2. The second-order valence-electron chi connectivity index (χ2n) is 7.22. The molecule has 1 aliphatic carbocycles.